The maximum atomic E-state index is 12.4. The first-order valence-corrected chi connectivity index (χ1v) is 5.84. The second-order valence-electron chi connectivity index (χ2n) is 4.91. The Morgan fingerprint density at radius 2 is 1.72 bits per heavy atom. The van der Waals surface area contributed by atoms with Crippen LogP contribution < -0.4 is 5.73 Å². The molecule has 18 heavy (non-hydrogen) atoms. The van der Waals surface area contributed by atoms with Crippen molar-refractivity contribution in [3.63, 3.8) is 0 Å². The minimum absolute atomic E-state index is 0. The third-order valence-corrected chi connectivity index (χ3v) is 3.27. The number of hydrogen-bond acceptors (Lipinski definition) is 2. The zero-order chi connectivity index (χ0) is 13.2. The lowest BCUT2D eigenvalue weighted by molar-refractivity contribution is -0.186. The standard InChI is InChI=1S/C11H19F3N2O.ClH/c1-7(2)9(15)10(17)16-5-3-8(4-6-16)11(12,13)14;/h7-9H,3-6,15H2,1-2H3;1H/t9-;/m1./s1. The highest BCUT2D eigenvalue weighted by Gasteiger charge is 2.42. The SMILES string of the molecule is CC(C)[C@@H](N)C(=O)N1CCC(C(F)(F)F)CC1.Cl. The molecular weight excluding hydrogens is 269 g/mol. The number of alkyl halides is 3. The van der Waals surface area contributed by atoms with Gasteiger partial charge in [-0.1, -0.05) is 13.8 Å². The van der Waals surface area contributed by atoms with E-state index >= 15 is 0 Å². The predicted octanol–water partition coefficient (Wildman–Crippen LogP) is 2.19. The molecule has 0 saturated carbocycles. The van der Waals surface area contributed by atoms with Crippen LogP contribution in [0.2, 0.25) is 0 Å². The van der Waals surface area contributed by atoms with Gasteiger partial charge in [-0.2, -0.15) is 13.2 Å². The monoisotopic (exact) mass is 288 g/mol. The normalized spacial score (nSPS) is 19.6. The highest BCUT2D eigenvalue weighted by Crippen LogP contribution is 2.34. The number of nitrogens with zero attached hydrogens (tertiary/aromatic N) is 1. The van der Waals surface area contributed by atoms with Crippen LogP contribution in [0.3, 0.4) is 0 Å². The summed E-state index contributed by atoms with van der Waals surface area (Å²) in [6.45, 7) is 3.96. The topological polar surface area (TPSA) is 46.3 Å². The van der Waals surface area contributed by atoms with Crippen LogP contribution in [0.1, 0.15) is 26.7 Å². The van der Waals surface area contributed by atoms with E-state index < -0.39 is 18.1 Å². The molecular formula is C11H20ClF3N2O. The van der Waals surface area contributed by atoms with E-state index in [9.17, 15) is 18.0 Å². The molecule has 0 aromatic heterocycles. The fourth-order valence-electron chi connectivity index (χ4n) is 1.92. The third-order valence-electron chi connectivity index (χ3n) is 3.27. The average molecular weight is 289 g/mol. The number of rotatable bonds is 2. The van der Waals surface area contributed by atoms with Crippen molar-refractivity contribution < 1.29 is 18.0 Å². The van der Waals surface area contributed by atoms with Gasteiger partial charge in [0.05, 0.1) is 12.0 Å². The van der Waals surface area contributed by atoms with Gasteiger partial charge in [0.1, 0.15) is 0 Å². The van der Waals surface area contributed by atoms with E-state index in [1.165, 1.54) is 4.90 Å². The molecule has 1 fully saturated rings. The number of carbonyl (C=O) groups is 1. The number of likely N-dealkylation sites (tertiary alicyclic amines) is 1. The highest BCUT2D eigenvalue weighted by atomic mass is 35.5. The van der Waals surface area contributed by atoms with E-state index in [0.29, 0.717) is 0 Å². The molecule has 1 atom stereocenters. The van der Waals surface area contributed by atoms with Crippen molar-refractivity contribution in [3.8, 4) is 0 Å². The van der Waals surface area contributed by atoms with Gasteiger partial charge in [-0.15, -0.1) is 12.4 Å². The molecule has 3 nitrogen and oxygen atoms in total. The molecule has 0 radical (unpaired) electrons. The van der Waals surface area contributed by atoms with Gasteiger partial charge in [-0.05, 0) is 18.8 Å². The molecule has 108 valence electrons. The van der Waals surface area contributed by atoms with Crippen LogP contribution >= 0.6 is 12.4 Å². The molecule has 1 heterocycles. The Kier molecular flexibility index (Phi) is 6.43. The third kappa shape index (κ3) is 4.31. The van der Waals surface area contributed by atoms with Gasteiger partial charge in [0.25, 0.3) is 0 Å². The number of carbonyl (C=O) groups excluding carboxylic acids is 1. The van der Waals surface area contributed by atoms with Gasteiger partial charge >= 0.3 is 6.18 Å². The minimum atomic E-state index is -4.14. The largest absolute Gasteiger partial charge is 0.391 e. The molecule has 1 rings (SSSR count). The fourth-order valence-corrected chi connectivity index (χ4v) is 1.92. The van der Waals surface area contributed by atoms with Crippen molar-refractivity contribution in [1.82, 2.24) is 4.90 Å². The number of hydrogen-bond donors (Lipinski definition) is 1. The quantitative estimate of drug-likeness (QED) is 0.847. The van der Waals surface area contributed by atoms with E-state index in [1.807, 2.05) is 13.8 Å². The molecule has 0 aromatic carbocycles. The summed E-state index contributed by atoms with van der Waals surface area (Å²) in [6, 6.07) is -0.613. The zero-order valence-electron chi connectivity index (χ0n) is 10.5. The van der Waals surface area contributed by atoms with Crippen LogP contribution in [0.15, 0.2) is 0 Å². The number of piperidine rings is 1. The van der Waals surface area contributed by atoms with Crippen molar-refractivity contribution in [2.45, 2.75) is 38.9 Å². The van der Waals surface area contributed by atoms with Crippen LogP contribution in [0.5, 0.6) is 0 Å². The van der Waals surface area contributed by atoms with Crippen molar-refractivity contribution >= 4 is 18.3 Å². The Morgan fingerprint density at radius 1 is 1.28 bits per heavy atom. The number of amides is 1. The van der Waals surface area contributed by atoms with Crippen molar-refractivity contribution in [2.24, 2.45) is 17.6 Å². The summed E-state index contributed by atoms with van der Waals surface area (Å²) in [4.78, 5) is 13.3. The van der Waals surface area contributed by atoms with Gasteiger partial charge in [0.15, 0.2) is 0 Å². The summed E-state index contributed by atoms with van der Waals surface area (Å²) < 4.78 is 37.3. The molecule has 0 bridgehead atoms. The molecule has 0 aliphatic carbocycles. The first kappa shape index (κ1) is 17.5. The lowest BCUT2D eigenvalue weighted by Gasteiger charge is -2.34. The summed E-state index contributed by atoms with van der Waals surface area (Å²) >= 11 is 0. The minimum Gasteiger partial charge on any atom is -0.341 e. The van der Waals surface area contributed by atoms with Crippen LogP contribution in [0, 0.1) is 11.8 Å². The zero-order valence-corrected chi connectivity index (χ0v) is 11.4. The van der Waals surface area contributed by atoms with E-state index in [-0.39, 0.29) is 50.2 Å². The number of halogens is 4. The van der Waals surface area contributed by atoms with E-state index in [1.54, 1.807) is 0 Å². The lowest BCUT2D eigenvalue weighted by Crippen LogP contribution is -2.50. The predicted molar refractivity (Wildman–Crippen MR) is 65.4 cm³/mol. The molecule has 0 aromatic rings. The van der Waals surface area contributed by atoms with Crippen molar-refractivity contribution in [2.75, 3.05) is 13.1 Å². The maximum absolute atomic E-state index is 12.4. The Labute approximate surface area is 111 Å². The first-order chi connectivity index (χ1) is 7.73. The van der Waals surface area contributed by atoms with Crippen molar-refractivity contribution in [1.29, 1.82) is 0 Å². The number of nitrogens with two attached hydrogens (primary N) is 1. The van der Waals surface area contributed by atoms with Gasteiger partial charge in [0.2, 0.25) is 5.91 Å². The molecule has 1 saturated heterocycles. The molecule has 1 amide bonds. The van der Waals surface area contributed by atoms with Gasteiger partial charge < -0.3 is 10.6 Å². The summed E-state index contributed by atoms with van der Waals surface area (Å²) in [5, 5.41) is 0. The molecule has 7 heteroatoms. The van der Waals surface area contributed by atoms with E-state index in [2.05, 4.69) is 0 Å². The summed E-state index contributed by atoms with van der Waals surface area (Å²) in [6.07, 6.45) is -4.17. The second kappa shape index (κ2) is 6.61. The summed E-state index contributed by atoms with van der Waals surface area (Å²) in [5.41, 5.74) is 5.70. The Morgan fingerprint density at radius 3 is 2.06 bits per heavy atom. The summed E-state index contributed by atoms with van der Waals surface area (Å²) in [7, 11) is 0. The molecule has 0 spiro atoms. The van der Waals surface area contributed by atoms with Crippen LogP contribution in [-0.4, -0.2) is 36.1 Å². The summed E-state index contributed by atoms with van der Waals surface area (Å²) in [5.74, 6) is -1.51. The van der Waals surface area contributed by atoms with Gasteiger partial charge in [0, 0.05) is 13.1 Å². The lowest BCUT2D eigenvalue weighted by atomic mass is 9.95. The first-order valence-electron chi connectivity index (χ1n) is 5.84. The van der Waals surface area contributed by atoms with Crippen LogP contribution in [-0.2, 0) is 4.79 Å². The maximum Gasteiger partial charge on any atom is 0.391 e. The van der Waals surface area contributed by atoms with Crippen molar-refractivity contribution in [3.05, 3.63) is 0 Å². The van der Waals surface area contributed by atoms with Gasteiger partial charge in [-0.3, -0.25) is 4.79 Å². The van der Waals surface area contributed by atoms with E-state index in [0.717, 1.165) is 0 Å². The Bertz CT molecular complexity index is 276. The van der Waals surface area contributed by atoms with Gasteiger partial charge in [-0.25, -0.2) is 0 Å². The van der Waals surface area contributed by atoms with Crippen LogP contribution in [0.4, 0.5) is 13.2 Å². The highest BCUT2D eigenvalue weighted by molar-refractivity contribution is 5.85. The van der Waals surface area contributed by atoms with Crippen LogP contribution in [0.25, 0.3) is 0 Å². The molecule has 1 aliphatic rings. The van der Waals surface area contributed by atoms with E-state index in [4.69, 9.17) is 5.73 Å². The molecule has 2 N–H and O–H groups in total. The smallest absolute Gasteiger partial charge is 0.341 e. The molecule has 0 unspecified atom stereocenters. The Balaban J connectivity index is 0.00000289. The fraction of sp³-hybridized carbons (Fsp3) is 0.909. The second-order valence-corrected chi connectivity index (χ2v) is 4.91. The molecule has 1 aliphatic heterocycles. The Hall–Kier alpha value is -0.490. The average Bonchev–Trinajstić information content (AvgIpc) is 2.26.